The third-order valence-electron chi connectivity index (χ3n) is 0.667. The van der Waals surface area contributed by atoms with Crippen LogP contribution in [0.5, 0.6) is 0 Å². The molecule has 0 fully saturated rings. The third-order valence-corrected chi connectivity index (χ3v) is 0.667. The van der Waals surface area contributed by atoms with Gasteiger partial charge in [0.1, 0.15) is 0 Å². The highest BCUT2D eigenvalue weighted by atomic mass is 19.2. The van der Waals surface area contributed by atoms with E-state index in [0.717, 1.165) is 0 Å². The van der Waals surface area contributed by atoms with E-state index < -0.39 is 7.83 Å². The summed E-state index contributed by atoms with van der Waals surface area (Å²) in [5.74, 6) is 0. The second kappa shape index (κ2) is 7.14. The standard InChI is InChI=1S/C6H6.BF2/c1-2-4-6-5-3-1;2-1-3/h1-6H;. The molecule has 0 N–H and O–H groups in total. The largest absolute Gasteiger partial charge is 0.577 e. The van der Waals surface area contributed by atoms with Crippen molar-refractivity contribution >= 4 is 7.83 Å². The minimum atomic E-state index is -1.00. The molecule has 0 atom stereocenters. The molecule has 1 aromatic rings. The molecule has 0 bridgehead atoms. The Hall–Kier alpha value is -0.855. The molecular weight excluding hydrogens is 121 g/mol. The lowest BCUT2D eigenvalue weighted by atomic mass is 10.4. The molecule has 0 spiro atoms. The monoisotopic (exact) mass is 127 g/mol. The highest BCUT2D eigenvalue weighted by Crippen LogP contribution is 1.79. The fourth-order valence-corrected chi connectivity index (χ4v) is 0.385. The first-order valence-corrected chi connectivity index (χ1v) is 2.44. The van der Waals surface area contributed by atoms with E-state index in [1.54, 1.807) is 0 Å². The Kier molecular flexibility index (Phi) is 6.47. The minimum Gasteiger partial charge on any atom is -0.289 e. The second-order valence-electron chi connectivity index (χ2n) is 1.24. The average molecular weight is 127 g/mol. The number of benzene rings is 1. The van der Waals surface area contributed by atoms with Crippen LogP contribution in [0.15, 0.2) is 36.4 Å². The molecule has 3 heteroatoms. The van der Waals surface area contributed by atoms with Crippen LogP contribution in [-0.4, -0.2) is 7.83 Å². The molecule has 0 saturated carbocycles. The fourth-order valence-electron chi connectivity index (χ4n) is 0.385. The quantitative estimate of drug-likeness (QED) is 0.468. The number of halogens is 2. The molecule has 47 valence electrons. The lowest BCUT2D eigenvalue weighted by molar-refractivity contribution is 0.712. The van der Waals surface area contributed by atoms with Gasteiger partial charge in [0, 0.05) is 0 Å². The van der Waals surface area contributed by atoms with E-state index in [1.165, 1.54) is 0 Å². The van der Waals surface area contributed by atoms with Crippen LogP contribution in [-0.2, 0) is 0 Å². The van der Waals surface area contributed by atoms with Crippen molar-refractivity contribution in [2.45, 2.75) is 0 Å². The Labute approximate surface area is 53.9 Å². The second-order valence-corrected chi connectivity index (χ2v) is 1.24. The van der Waals surface area contributed by atoms with Crippen LogP contribution < -0.4 is 0 Å². The lowest BCUT2D eigenvalue weighted by Crippen LogP contribution is -1.47. The molecule has 0 heterocycles. The average Bonchev–Trinajstić information content (AvgIpc) is 1.93. The summed E-state index contributed by atoms with van der Waals surface area (Å²) in [6, 6.07) is 12.0. The van der Waals surface area contributed by atoms with E-state index >= 15 is 0 Å². The number of hydrogen-bond donors (Lipinski definition) is 0. The molecule has 0 aliphatic rings. The van der Waals surface area contributed by atoms with E-state index in [2.05, 4.69) is 0 Å². The van der Waals surface area contributed by atoms with Crippen LogP contribution in [0.2, 0.25) is 0 Å². The molecule has 0 saturated heterocycles. The molecule has 1 radical (unpaired) electrons. The SMILES string of the molecule is F[B]F.c1ccccc1. The summed E-state index contributed by atoms with van der Waals surface area (Å²) >= 11 is 0. The van der Waals surface area contributed by atoms with Crippen LogP contribution in [0.3, 0.4) is 0 Å². The first kappa shape index (κ1) is 8.14. The Balaban J connectivity index is 0.000000187. The van der Waals surface area contributed by atoms with E-state index in [0.29, 0.717) is 0 Å². The van der Waals surface area contributed by atoms with Crippen LogP contribution in [0.25, 0.3) is 0 Å². The van der Waals surface area contributed by atoms with E-state index in [-0.39, 0.29) is 0 Å². The van der Waals surface area contributed by atoms with Gasteiger partial charge in [-0.15, -0.1) is 0 Å². The lowest BCUT2D eigenvalue weighted by Gasteiger charge is -1.69. The van der Waals surface area contributed by atoms with E-state index in [9.17, 15) is 8.63 Å². The van der Waals surface area contributed by atoms with Crippen LogP contribution >= 0.6 is 0 Å². The van der Waals surface area contributed by atoms with Gasteiger partial charge in [-0.1, -0.05) is 36.4 Å². The van der Waals surface area contributed by atoms with Crippen molar-refractivity contribution in [2.24, 2.45) is 0 Å². The molecule has 9 heavy (non-hydrogen) atoms. The maximum absolute atomic E-state index is 9.50. The molecule has 0 aliphatic carbocycles. The van der Waals surface area contributed by atoms with E-state index in [4.69, 9.17) is 0 Å². The smallest absolute Gasteiger partial charge is 0.289 e. The van der Waals surface area contributed by atoms with Crippen LogP contribution in [0.1, 0.15) is 0 Å². The first-order chi connectivity index (χ1) is 4.41. The topological polar surface area (TPSA) is 0 Å². The van der Waals surface area contributed by atoms with Gasteiger partial charge in [-0.05, 0) is 0 Å². The zero-order chi connectivity index (χ0) is 6.95. The predicted octanol–water partition coefficient (Wildman–Crippen LogP) is 2.15. The van der Waals surface area contributed by atoms with Gasteiger partial charge in [-0.25, -0.2) is 0 Å². The van der Waals surface area contributed by atoms with Gasteiger partial charge in [0.2, 0.25) is 0 Å². The molecule has 0 aliphatic heterocycles. The minimum absolute atomic E-state index is 1.00. The van der Waals surface area contributed by atoms with Gasteiger partial charge in [0.05, 0.1) is 0 Å². The zero-order valence-corrected chi connectivity index (χ0v) is 4.80. The van der Waals surface area contributed by atoms with Crippen molar-refractivity contribution in [1.29, 1.82) is 0 Å². The summed E-state index contributed by atoms with van der Waals surface area (Å²) in [7, 11) is -1.00. The molecule has 0 unspecified atom stereocenters. The van der Waals surface area contributed by atoms with Crippen molar-refractivity contribution in [3.05, 3.63) is 36.4 Å². The zero-order valence-electron chi connectivity index (χ0n) is 4.80. The first-order valence-electron chi connectivity index (χ1n) is 2.44. The normalized spacial score (nSPS) is 6.89. The summed E-state index contributed by atoms with van der Waals surface area (Å²) < 4.78 is 19.0. The van der Waals surface area contributed by atoms with Crippen molar-refractivity contribution in [3.8, 4) is 0 Å². The van der Waals surface area contributed by atoms with Gasteiger partial charge in [0.15, 0.2) is 0 Å². The van der Waals surface area contributed by atoms with Crippen molar-refractivity contribution in [1.82, 2.24) is 0 Å². The third kappa shape index (κ3) is 7.14. The summed E-state index contributed by atoms with van der Waals surface area (Å²) in [4.78, 5) is 0. The van der Waals surface area contributed by atoms with Crippen molar-refractivity contribution in [2.75, 3.05) is 0 Å². The molecule has 0 nitrogen and oxygen atoms in total. The maximum atomic E-state index is 9.50. The summed E-state index contributed by atoms with van der Waals surface area (Å²) in [5, 5.41) is 0. The molecule has 1 rings (SSSR count). The molecule has 1 aromatic carbocycles. The molecule has 0 amide bonds. The van der Waals surface area contributed by atoms with Crippen molar-refractivity contribution < 1.29 is 8.63 Å². The van der Waals surface area contributed by atoms with E-state index in [1.807, 2.05) is 36.4 Å². The maximum Gasteiger partial charge on any atom is 0.577 e. The van der Waals surface area contributed by atoms with Gasteiger partial charge in [-0.2, -0.15) is 0 Å². The highest BCUT2D eigenvalue weighted by molar-refractivity contribution is 6.15. The van der Waals surface area contributed by atoms with Crippen molar-refractivity contribution in [3.63, 3.8) is 0 Å². The number of hydrogen-bond acceptors (Lipinski definition) is 0. The Morgan fingerprint density at radius 2 is 0.778 bits per heavy atom. The molecular formula is C6H6BF2. The van der Waals surface area contributed by atoms with Gasteiger partial charge < -0.3 is 0 Å². The Morgan fingerprint density at radius 3 is 0.889 bits per heavy atom. The predicted molar refractivity (Wildman–Crippen MR) is 34.4 cm³/mol. The Bertz CT molecular complexity index is 93.9. The van der Waals surface area contributed by atoms with Crippen LogP contribution in [0, 0.1) is 0 Å². The summed E-state index contributed by atoms with van der Waals surface area (Å²) in [6.45, 7) is 0. The Morgan fingerprint density at radius 1 is 0.667 bits per heavy atom. The van der Waals surface area contributed by atoms with Gasteiger partial charge >= 0.3 is 7.83 Å². The fraction of sp³-hybridized carbons (Fsp3) is 0. The summed E-state index contributed by atoms with van der Waals surface area (Å²) in [6.07, 6.45) is 0. The highest BCUT2D eigenvalue weighted by Gasteiger charge is 1.62. The van der Waals surface area contributed by atoms with Crippen LogP contribution in [0.4, 0.5) is 8.63 Å². The number of rotatable bonds is 0. The molecule has 0 aromatic heterocycles. The van der Waals surface area contributed by atoms with Gasteiger partial charge in [0.25, 0.3) is 0 Å². The summed E-state index contributed by atoms with van der Waals surface area (Å²) in [5.41, 5.74) is 0. The van der Waals surface area contributed by atoms with Gasteiger partial charge in [-0.3, -0.25) is 8.63 Å².